The zero-order valence-electron chi connectivity index (χ0n) is 11.6. The molecule has 2 unspecified atom stereocenters. The molecular formula is C14H19ClO3S. The molecule has 0 radical (unpaired) electrons. The molecule has 0 saturated carbocycles. The third kappa shape index (κ3) is 4.32. The lowest BCUT2D eigenvalue weighted by Gasteiger charge is -2.14. The molecule has 0 bridgehead atoms. The first-order chi connectivity index (χ1) is 8.86. The fraction of sp³-hybridized carbons (Fsp3) is 0.500. The van der Waals surface area contributed by atoms with Gasteiger partial charge in [0.15, 0.2) is 5.78 Å². The molecule has 1 rings (SSSR count). The van der Waals surface area contributed by atoms with Crippen LogP contribution in [0.25, 0.3) is 0 Å². The molecule has 19 heavy (non-hydrogen) atoms. The van der Waals surface area contributed by atoms with Crippen LogP contribution in [-0.4, -0.2) is 28.1 Å². The van der Waals surface area contributed by atoms with Gasteiger partial charge < -0.3 is 4.74 Å². The third-order valence-corrected chi connectivity index (χ3v) is 5.32. The Morgan fingerprint density at radius 2 is 2.00 bits per heavy atom. The summed E-state index contributed by atoms with van der Waals surface area (Å²) in [6.07, 6.45) is 0. The standard InChI is InChI=1S/C14H19ClO3S/c1-9(2)10(3)19(17)8-13(16)11-5-6-14(18-4)12(15)7-11/h5-7,9-10H,8H2,1-4H3. The second kappa shape index (κ2) is 7.06. The van der Waals surface area contributed by atoms with Crippen molar-refractivity contribution < 1.29 is 13.7 Å². The van der Waals surface area contributed by atoms with Gasteiger partial charge in [0.05, 0.1) is 17.9 Å². The summed E-state index contributed by atoms with van der Waals surface area (Å²) < 4.78 is 17.0. The Morgan fingerprint density at radius 1 is 1.37 bits per heavy atom. The van der Waals surface area contributed by atoms with Crippen molar-refractivity contribution in [2.45, 2.75) is 26.0 Å². The first kappa shape index (κ1) is 16.2. The number of hydrogen-bond donors (Lipinski definition) is 0. The molecule has 2 atom stereocenters. The van der Waals surface area contributed by atoms with E-state index in [0.29, 0.717) is 16.3 Å². The van der Waals surface area contributed by atoms with Gasteiger partial charge in [0, 0.05) is 21.6 Å². The average molecular weight is 303 g/mol. The molecule has 1 aromatic rings. The number of ketones is 1. The van der Waals surface area contributed by atoms with E-state index in [-0.39, 0.29) is 22.7 Å². The normalized spacial score (nSPS) is 14.2. The average Bonchev–Trinajstić information content (AvgIpc) is 2.37. The molecule has 0 aliphatic carbocycles. The van der Waals surface area contributed by atoms with E-state index in [1.165, 1.54) is 7.11 Å². The lowest BCUT2D eigenvalue weighted by atomic mass is 10.1. The number of rotatable bonds is 6. The third-order valence-electron chi connectivity index (χ3n) is 3.10. The molecule has 0 aromatic heterocycles. The summed E-state index contributed by atoms with van der Waals surface area (Å²) in [6, 6.07) is 4.84. The molecule has 5 heteroatoms. The van der Waals surface area contributed by atoms with Gasteiger partial charge in [-0.3, -0.25) is 9.00 Å². The van der Waals surface area contributed by atoms with Gasteiger partial charge in [-0.2, -0.15) is 0 Å². The molecular weight excluding hydrogens is 284 g/mol. The van der Waals surface area contributed by atoms with Crippen molar-refractivity contribution in [2.75, 3.05) is 12.9 Å². The van der Waals surface area contributed by atoms with Crippen molar-refractivity contribution in [1.29, 1.82) is 0 Å². The van der Waals surface area contributed by atoms with Crippen molar-refractivity contribution >= 4 is 28.2 Å². The van der Waals surface area contributed by atoms with Crippen LogP contribution in [-0.2, 0) is 10.8 Å². The van der Waals surface area contributed by atoms with E-state index in [2.05, 4.69) is 0 Å². The summed E-state index contributed by atoms with van der Waals surface area (Å²) in [6.45, 7) is 5.89. The number of carbonyl (C=O) groups is 1. The summed E-state index contributed by atoms with van der Waals surface area (Å²) in [5.41, 5.74) is 0.468. The summed E-state index contributed by atoms with van der Waals surface area (Å²) in [5.74, 6) is 0.681. The first-order valence-electron chi connectivity index (χ1n) is 6.10. The Labute approximate surface area is 121 Å². The number of ether oxygens (including phenoxy) is 1. The van der Waals surface area contributed by atoms with Crippen LogP contribution < -0.4 is 4.74 Å². The number of carbonyl (C=O) groups excluding carboxylic acids is 1. The van der Waals surface area contributed by atoms with E-state index >= 15 is 0 Å². The van der Waals surface area contributed by atoms with Crippen molar-refractivity contribution in [3.05, 3.63) is 28.8 Å². The lowest BCUT2D eigenvalue weighted by Crippen LogP contribution is -2.24. The van der Waals surface area contributed by atoms with Gasteiger partial charge in [-0.15, -0.1) is 0 Å². The van der Waals surface area contributed by atoms with Crippen LogP contribution in [0.5, 0.6) is 5.75 Å². The maximum atomic E-state index is 12.0. The van der Waals surface area contributed by atoms with Crippen molar-refractivity contribution in [3.8, 4) is 5.75 Å². The maximum Gasteiger partial charge on any atom is 0.175 e. The Balaban J connectivity index is 2.79. The fourth-order valence-corrected chi connectivity index (χ4v) is 3.04. The minimum Gasteiger partial charge on any atom is -0.495 e. The molecule has 106 valence electrons. The summed E-state index contributed by atoms with van der Waals surface area (Å²) in [4.78, 5) is 12.0. The van der Waals surface area contributed by atoms with E-state index in [0.717, 1.165) is 0 Å². The van der Waals surface area contributed by atoms with Crippen LogP contribution in [0, 0.1) is 5.92 Å². The molecule has 0 fully saturated rings. The van der Waals surface area contributed by atoms with Gasteiger partial charge in [0.1, 0.15) is 5.75 Å². The van der Waals surface area contributed by atoms with E-state index in [4.69, 9.17) is 16.3 Å². The molecule has 0 N–H and O–H groups in total. The Bertz CT molecular complexity index is 486. The predicted molar refractivity (Wildman–Crippen MR) is 79.6 cm³/mol. The van der Waals surface area contributed by atoms with Gasteiger partial charge >= 0.3 is 0 Å². The first-order valence-corrected chi connectivity index (χ1v) is 7.86. The van der Waals surface area contributed by atoms with E-state index < -0.39 is 10.8 Å². The minimum atomic E-state index is -1.16. The SMILES string of the molecule is COc1ccc(C(=O)CS(=O)C(C)C(C)C)cc1Cl. The van der Waals surface area contributed by atoms with Gasteiger partial charge in [0.2, 0.25) is 0 Å². The van der Waals surface area contributed by atoms with Gasteiger partial charge in [-0.25, -0.2) is 0 Å². The summed E-state index contributed by atoms with van der Waals surface area (Å²) in [5, 5.41) is 0.383. The van der Waals surface area contributed by atoms with Crippen LogP contribution in [0.3, 0.4) is 0 Å². The van der Waals surface area contributed by atoms with Crippen molar-refractivity contribution in [2.24, 2.45) is 5.92 Å². The topological polar surface area (TPSA) is 43.4 Å². The van der Waals surface area contributed by atoms with Gasteiger partial charge in [-0.05, 0) is 24.1 Å². The number of halogens is 1. The Kier molecular flexibility index (Phi) is 6.01. The van der Waals surface area contributed by atoms with Crippen LogP contribution in [0.1, 0.15) is 31.1 Å². The van der Waals surface area contributed by atoms with Crippen LogP contribution in [0.4, 0.5) is 0 Å². The summed E-state index contributed by atoms with van der Waals surface area (Å²) in [7, 11) is 0.353. The highest BCUT2D eigenvalue weighted by Gasteiger charge is 2.19. The van der Waals surface area contributed by atoms with Crippen LogP contribution in [0.15, 0.2) is 18.2 Å². The summed E-state index contributed by atoms with van der Waals surface area (Å²) >= 11 is 5.97. The largest absolute Gasteiger partial charge is 0.495 e. The molecule has 1 aromatic carbocycles. The monoisotopic (exact) mass is 302 g/mol. The highest BCUT2D eigenvalue weighted by Crippen LogP contribution is 2.25. The second-order valence-electron chi connectivity index (χ2n) is 4.75. The van der Waals surface area contributed by atoms with Gasteiger partial charge in [0.25, 0.3) is 0 Å². The van der Waals surface area contributed by atoms with Crippen molar-refractivity contribution in [3.63, 3.8) is 0 Å². The van der Waals surface area contributed by atoms with E-state index in [1.807, 2.05) is 20.8 Å². The fourth-order valence-electron chi connectivity index (χ4n) is 1.49. The molecule has 0 saturated heterocycles. The van der Waals surface area contributed by atoms with Gasteiger partial charge in [-0.1, -0.05) is 32.4 Å². The molecule has 3 nitrogen and oxygen atoms in total. The second-order valence-corrected chi connectivity index (χ2v) is 6.95. The Hall–Kier alpha value is -0.870. The predicted octanol–water partition coefficient (Wildman–Crippen LogP) is 3.32. The highest BCUT2D eigenvalue weighted by atomic mass is 35.5. The molecule has 0 aliphatic rings. The van der Waals surface area contributed by atoms with E-state index in [9.17, 15) is 9.00 Å². The smallest absolute Gasteiger partial charge is 0.175 e. The molecule has 0 aliphatic heterocycles. The number of methoxy groups -OCH3 is 1. The lowest BCUT2D eigenvalue weighted by molar-refractivity contribution is 0.102. The zero-order chi connectivity index (χ0) is 14.6. The van der Waals surface area contributed by atoms with Crippen LogP contribution >= 0.6 is 11.6 Å². The number of hydrogen-bond acceptors (Lipinski definition) is 3. The van der Waals surface area contributed by atoms with Crippen LogP contribution in [0.2, 0.25) is 5.02 Å². The Morgan fingerprint density at radius 3 is 2.47 bits per heavy atom. The molecule has 0 heterocycles. The quantitative estimate of drug-likeness (QED) is 0.757. The minimum absolute atomic E-state index is 0.00216. The zero-order valence-corrected chi connectivity index (χ0v) is 13.2. The molecule has 0 amide bonds. The number of benzene rings is 1. The highest BCUT2D eigenvalue weighted by molar-refractivity contribution is 7.86. The molecule has 0 spiro atoms. The number of Topliss-reactive ketones (excluding diaryl/α,β-unsaturated/α-hetero) is 1. The maximum absolute atomic E-state index is 12.0. The van der Waals surface area contributed by atoms with Crippen molar-refractivity contribution in [1.82, 2.24) is 0 Å². The van der Waals surface area contributed by atoms with E-state index in [1.54, 1.807) is 18.2 Å².